The van der Waals surface area contributed by atoms with E-state index in [0.29, 0.717) is 6.54 Å². The van der Waals surface area contributed by atoms with Crippen LogP contribution in [0.25, 0.3) is 0 Å². The van der Waals surface area contributed by atoms with E-state index in [0.717, 1.165) is 11.4 Å². The molecule has 0 saturated carbocycles. The number of methoxy groups -OCH3 is 1. The minimum atomic E-state index is -0.397. The van der Waals surface area contributed by atoms with Crippen molar-refractivity contribution in [2.45, 2.75) is 13.0 Å². The van der Waals surface area contributed by atoms with E-state index in [1.165, 1.54) is 6.07 Å². The summed E-state index contributed by atoms with van der Waals surface area (Å²) in [7, 11) is 1.60. The van der Waals surface area contributed by atoms with Gasteiger partial charge < -0.3 is 20.5 Å². The molecule has 24 heavy (non-hydrogen) atoms. The van der Waals surface area contributed by atoms with Gasteiger partial charge in [0.05, 0.1) is 13.7 Å². The zero-order valence-electron chi connectivity index (χ0n) is 13.5. The Morgan fingerprint density at radius 1 is 1.25 bits per heavy atom. The second kappa shape index (κ2) is 9.96. The van der Waals surface area contributed by atoms with Crippen molar-refractivity contribution in [3.63, 3.8) is 0 Å². The first-order chi connectivity index (χ1) is 11.1. The van der Waals surface area contributed by atoms with Crippen molar-refractivity contribution in [3.8, 4) is 11.5 Å². The number of rotatable bonds is 6. The maximum atomic E-state index is 13.5. The number of halogens is 2. The number of benzene rings is 2. The minimum Gasteiger partial charge on any atom is -0.497 e. The Kier molecular flexibility index (Phi) is 8.31. The van der Waals surface area contributed by atoms with Crippen LogP contribution in [0.1, 0.15) is 6.92 Å². The van der Waals surface area contributed by atoms with Gasteiger partial charge in [0.25, 0.3) is 0 Å². The molecule has 3 N–H and O–H groups in total. The molecule has 0 aromatic heterocycles. The molecule has 130 valence electrons. The van der Waals surface area contributed by atoms with Gasteiger partial charge in [-0.15, -0.1) is 24.0 Å². The lowest BCUT2D eigenvalue weighted by molar-refractivity contribution is 0.220. The molecule has 0 fully saturated rings. The summed E-state index contributed by atoms with van der Waals surface area (Å²) < 4.78 is 24.1. The van der Waals surface area contributed by atoms with Crippen LogP contribution in [0.15, 0.2) is 53.5 Å². The van der Waals surface area contributed by atoms with E-state index in [-0.39, 0.29) is 41.8 Å². The highest BCUT2D eigenvalue weighted by atomic mass is 127. The fraction of sp³-hybridized carbons (Fsp3) is 0.235. The van der Waals surface area contributed by atoms with Crippen molar-refractivity contribution < 1.29 is 13.9 Å². The average molecular weight is 445 g/mol. The molecule has 7 heteroatoms. The molecule has 0 saturated heterocycles. The van der Waals surface area contributed by atoms with Crippen LogP contribution in [0.5, 0.6) is 11.5 Å². The number of hydrogen-bond donors (Lipinski definition) is 2. The van der Waals surface area contributed by atoms with Crippen LogP contribution in [0.4, 0.5) is 10.1 Å². The second-order valence-corrected chi connectivity index (χ2v) is 4.94. The Bertz CT molecular complexity index is 682. The summed E-state index contributed by atoms with van der Waals surface area (Å²) in [5.74, 6) is 0.779. The van der Waals surface area contributed by atoms with Gasteiger partial charge in [-0.1, -0.05) is 18.2 Å². The third-order valence-corrected chi connectivity index (χ3v) is 3.03. The van der Waals surface area contributed by atoms with Crippen LogP contribution in [-0.4, -0.2) is 25.7 Å². The molecule has 0 radical (unpaired) electrons. The normalized spacial score (nSPS) is 12.0. The van der Waals surface area contributed by atoms with Gasteiger partial charge in [0.15, 0.2) is 17.5 Å². The van der Waals surface area contributed by atoms with E-state index in [1.54, 1.807) is 32.2 Å². The minimum absolute atomic E-state index is 0. The Balaban J connectivity index is 0.00000288. The van der Waals surface area contributed by atoms with E-state index in [9.17, 15) is 4.39 Å². The summed E-state index contributed by atoms with van der Waals surface area (Å²) in [6.45, 7) is 2.10. The van der Waals surface area contributed by atoms with Crippen molar-refractivity contribution in [1.29, 1.82) is 0 Å². The van der Waals surface area contributed by atoms with Crippen LogP contribution in [-0.2, 0) is 0 Å². The fourth-order valence-electron chi connectivity index (χ4n) is 1.91. The first kappa shape index (κ1) is 20.0. The molecule has 1 atom stereocenters. The molecule has 0 aliphatic carbocycles. The van der Waals surface area contributed by atoms with E-state index >= 15 is 0 Å². The molecular weight excluding hydrogens is 424 g/mol. The topological polar surface area (TPSA) is 68.9 Å². The number of para-hydroxylation sites is 1. The molecule has 1 unspecified atom stereocenters. The number of nitrogens with one attached hydrogen (secondary N) is 1. The number of anilines is 1. The zero-order chi connectivity index (χ0) is 16.7. The average Bonchev–Trinajstić information content (AvgIpc) is 2.55. The van der Waals surface area contributed by atoms with Gasteiger partial charge in [0.2, 0.25) is 0 Å². The van der Waals surface area contributed by atoms with Crippen LogP contribution in [0.2, 0.25) is 0 Å². The lowest BCUT2D eigenvalue weighted by Crippen LogP contribution is -2.25. The van der Waals surface area contributed by atoms with Crippen molar-refractivity contribution in [2.75, 3.05) is 19.0 Å². The third-order valence-electron chi connectivity index (χ3n) is 3.03. The Hall–Kier alpha value is -2.03. The summed E-state index contributed by atoms with van der Waals surface area (Å²) in [6, 6.07) is 13.6. The van der Waals surface area contributed by atoms with E-state index in [2.05, 4.69) is 10.3 Å². The molecule has 2 aromatic carbocycles. The summed E-state index contributed by atoms with van der Waals surface area (Å²) in [5, 5.41) is 2.97. The van der Waals surface area contributed by atoms with E-state index < -0.39 is 5.82 Å². The monoisotopic (exact) mass is 445 g/mol. The molecule has 2 aromatic rings. The summed E-state index contributed by atoms with van der Waals surface area (Å²) in [4.78, 5) is 4.20. The Morgan fingerprint density at radius 3 is 2.71 bits per heavy atom. The van der Waals surface area contributed by atoms with Gasteiger partial charge in [-0.3, -0.25) is 0 Å². The number of aliphatic imine (C=N–C) groups is 1. The highest BCUT2D eigenvalue weighted by Crippen LogP contribution is 2.17. The van der Waals surface area contributed by atoms with Crippen molar-refractivity contribution in [1.82, 2.24) is 0 Å². The molecule has 5 nitrogen and oxygen atoms in total. The fourth-order valence-corrected chi connectivity index (χ4v) is 1.91. The maximum Gasteiger partial charge on any atom is 0.193 e. The summed E-state index contributed by atoms with van der Waals surface area (Å²) >= 11 is 0. The summed E-state index contributed by atoms with van der Waals surface area (Å²) in [5.41, 5.74) is 6.61. The number of hydrogen-bond acceptors (Lipinski definition) is 3. The lowest BCUT2D eigenvalue weighted by Gasteiger charge is -2.14. The number of ether oxygens (including phenoxy) is 2. The predicted molar refractivity (Wildman–Crippen MR) is 105 cm³/mol. The smallest absolute Gasteiger partial charge is 0.193 e. The predicted octanol–water partition coefficient (Wildman–Crippen LogP) is 3.65. The first-order valence-electron chi connectivity index (χ1n) is 7.20. The van der Waals surface area contributed by atoms with Gasteiger partial charge in [-0.2, -0.15) is 0 Å². The third kappa shape index (κ3) is 6.23. The van der Waals surface area contributed by atoms with Gasteiger partial charge in [-0.25, -0.2) is 9.38 Å². The number of nitrogens with two attached hydrogens (primary N) is 1. The van der Waals surface area contributed by atoms with Gasteiger partial charge >= 0.3 is 0 Å². The maximum absolute atomic E-state index is 13.5. The summed E-state index contributed by atoms with van der Waals surface area (Å²) in [6.07, 6.45) is -0.308. The number of guanidine groups is 1. The molecule has 0 heterocycles. The van der Waals surface area contributed by atoms with Crippen molar-refractivity contribution in [2.24, 2.45) is 10.7 Å². The Morgan fingerprint density at radius 2 is 2.00 bits per heavy atom. The van der Waals surface area contributed by atoms with E-state index in [1.807, 2.05) is 24.3 Å². The van der Waals surface area contributed by atoms with Crippen LogP contribution >= 0.6 is 24.0 Å². The largest absolute Gasteiger partial charge is 0.497 e. The molecule has 0 spiro atoms. The molecule has 0 amide bonds. The second-order valence-electron chi connectivity index (χ2n) is 4.94. The van der Waals surface area contributed by atoms with Gasteiger partial charge in [0.1, 0.15) is 11.9 Å². The highest BCUT2D eigenvalue weighted by Gasteiger charge is 2.07. The van der Waals surface area contributed by atoms with Crippen molar-refractivity contribution >= 4 is 35.6 Å². The van der Waals surface area contributed by atoms with Crippen LogP contribution in [0.3, 0.4) is 0 Å². The number of nitrogens with zero attached hydrogens (tertiary/aromatic N) is 1. The van der Waals surface area contributed by atoms with Gasteiger partial charge in [-0.05, 0) is 31.2 Å². The standard InChI is InChI=1S/C17H20FN3O2.HI/c1-12(23-16-9-4-3-8-15(16)18)11-20-17(19)21-13-6-5-7-14(10-13)22-2;/h3-10,12H,11H2,1-2H3,(H3,19,20,21);1H. The lowest BCUT2D eigenvalue weighted by atomic mass is 10.3. The molecular formula is C17H21FIN3O2. The zero-order valence-corrected chi connectivity index (χ0v) is 15.9. The first-order valence-corrected chi connectivity index (χ1v) is 7.20. The molecule has 0 bridgehead atoms. The SMILES string of the molecule is COc1cccc(NC(N)=NCC(C)Oc2ccccc2F)c1.I. The van der Waals surface area contributed by atoms with E-state index in [4.69, 9.17) is 15.2 Å². The highest BCUT2D eigenvalue weighted by molar-refractivity contribution is 14.0. The molecule has 2 rings (SSSR count). The van der Waals surface area contributed by atoms with Crippen LogP contribution in [0, 0.1) is 5.82 Å². The van der Waals surface area contributed by atoms with Crippen LogP contribution < -0.4 is 20.5 Å². The Labute approximate surface area is 158 Å². The molecule has 0 aliphatic rings. The van der Waals surface area contributed by atoms with Gasteiger partial charge in [0, 0.05) is 11.8 Å². The quantitative estimate of drug-likeness (QED) is 0.405. The molecule has 0 aliphatic heterocycles. The van der Waals surface area contributed by atoms with Crippen molar-refractivity contribution in [3.05, 3.63) is 54.3 Å².